The van der Waals surface area contributed by atoms with E-state index >= 15 is 0 Å². The fourth-order valence-electron chi connectivity index (χ4n) is 1.39. The summed E-state index contributed by atoms with van der Waals surface area (Å²) < 4.78 is 0. The highest BCUT2D eigenvalue weighted by atomic mass is 35.5. The lowest BCUT2D eigenvalue weighted by atomic mass is 10.1. The lowest BCUT2D eigenvalue weighted by molar-refractivity contribution is -0.119. The van der Waals surface area contributed by atoms with Crippen LogP contribution < -0.4 is 5.32 Å². The number of benzene rings is 1. The van der Waals surface area contributed by atoms with Crippen LogP contribution >= 0.6 is 23.4 Å². The van der Waals surface area contributed by atoms with Gasteiger partial charge in [0.1, 0.15) is 0 Å². The molecule has 1 atom stereocenters. The Hall–Kier alpha value is -0.710. The number of halogens is 1. The van der Waals surface area contributed by atoms with Gasteiger partial charge in [0.25, 0.3) is 0 Å². The Kier molecular flexibility index (Phi) is 7.28. The minimum atomic E-state index is -0.484. The first-order valence-corrected chi connectivity index (χ1v) is 7.79. The number of amides is 1. The molecule has 0 aromatic heterocycles. The van der Waals surface area contributed by atoms with Crippen molar-refractivity contribution in [1.82, 2.24) is 5.32 Å². The van der Waals surface area contributed by atoms with Crippen molar-refractivity contribution in [2.24, 2.45) is 5.92 Å². The summed E-state index contributed by atoms with van der Waals surface area (Å²) in [5.74, 6) is 1.24. The van der Waals surface area contributed by atoms with Crippen molar-refractivity contribution in [1.29, 1.82) is 0 Å². The Morgan fingerprint density at radius 1 is 1.47 bits per heavy atom. The molecule has 0 radical (unpaired) electrons. The number of carbonyl (C=O) groups excluding carboxylic acids is 1. The molecule has 0 fully saturated rings. The van der Waals surface area contributed by atoms with Crippen molar-refractivity contribution in [3.8, 4) is 0 Å². The Bertz CT molecular complexity index is 412. The van der Waals surface area contributed by atoms with Crippen LogP contribution in [0.3, 0.4) is 0 Å². The number of hydrogen-bond acceptors (Lipinski definition) is 3. The largest absolute Gasteiger partial charge is 0.391 e. The van der Waals surface area contributed by atoms with Gasteiger partial charge in [-0.05, 0) is 23.6 Å². The van der Waals surface area contributed by atoms with Gasteiger partial charge in [0.2, 0.25) is 5.91 Å². The fraction of sp³-hybridized carbons (Fsp3) is 0.500. The Morgan fingerprint density at radius 2 is 2.21 bits per heavy atom. The van der Waals surface area contributed by atoms with Crippen molar-refractivity contribution in [2.75, 3.05) is 12.3 Å². The summed E-state index contributed by atoms with van der Waals surface area (Å²) in [6.45, 7) is 4.16. The van der Waals surface area contributed by atoms with Crippen molar-refractivity contribution in [2.45, 2.75) is 25.7 Å². The zero-order chi connectivity index (χ0) is 14.3. The summed E-state index contributed by atoms with van der Waals surface area (Å²) in [5.41, 5.74) is 1.10. The molecule has 1 unspecified atom stereocenters. The Balaban J connectivity index is 2.20. The molecule has 5 heteroatoms. The predicted molar refractivity (Wildman–Crippen MR) is 81.5 cm³/mol. The number of aliphatic hydroxyl groups is 1. The summed E-state index contributed by atoms with van der Waals surface area (Å²) in [7, 11) is 0. The van der Waals surface area contributed by atoms with E-state index in [-0.39, 0.29) is 11.8 Å². The molecule has 19 heavy (non-hydrogen) atoms. The fourth-order valence-corrected chi connectivity index (χ4v) is 2.41. The molecule has 2 N–H and O–H groups in total. The molecule has 1 aromatic rings. The topological polar surface area (TPSA) is 49.3 Å². The molecule has 0 aliphatic carbocycles. The maximum Gasteiger partial charge on any atom is 0.230 e. The van der Waals surface area contributed by atoms with E-state index in [2.05, 4.69) is 5.32 Å². The molecule has 0 heterocycles. The second-order valence-corrected chi connectivity index (χ2v) is 6.16. The first-order chi connectivity index (χ1) is 8.99. The molecule has 0 bridgehead atoms. The van der Waals surface area contributed by atoms with Gasteiger partial charge in [-0.2, -0.15) is 0 Å². The zero-order valence-electron chi connectivity index (χ0n) is 11.2. The van der Waals surface area contributed by atoms with E-state index in [9.17, 15) is 9.90 Å². The molecule has 0 spiro atoms. The normalized spacial score (nSPS) is 12.5. The lowest BCUT2D eigenvalue weighted by Crippen LogP contribution is -2.35. The summed E-state index contributed by atoms with van der Waals surface area (Å²) >= 11 is 7.42. The molecule has 0 aliphatic rings. The highest BCUT2D eigenvalue weighted by Crippen LogP contribution is 2.16. The maximum atomic E-state index is 11.6. The van der Waals surface area contributed by atoms with Crippen LogP contribution in [0.25, 0.3) is 0 Å². The monoisotopic (exact) mass is 301 g/mol. The highest BCUT2D eigenvalue weighted by Gasteiger charge is 2.10. The second kappa shape index (κ2) is 8.46. The Labute approximate surface area is 123 Å². The average molecular weight is 302 g/mol. The first-order valence-electron chi connectivity index (χ1n) is 6.26. The lowest BCUT2D eigenvalue weighted by Gasteiger charge is -2.14. The summed E-state index contributed by atoms with van der Waals surface area (Å²) in [6.07, 6.45) is -0.484. The van der Waals surface area contributed by atoms with Crippen LogP contribution in [0.1, 0.15) is 19.4 Å². The summed E-state index contributed by atoms with van der Waals surface area (Å²) in [5, 5.41) is 13.0. The van der Waals surface area contributed by atoms with Gasteiger partial charge in [-0.25, -0.2) is 0 Å². The molecule has 3 nitrogen and oxygen atoms in total. The molecule has 0 saturated heterocycles. The standard InChI is InChI=1S/C14H20ClNO2S/c1-10(2)13(17)7-16-14(18)9-19-8-11-4-3-5-12(15)6-11/h3-6,10,13,17H,7-9H2,1-2H3,(H,16,18). The minimum absolute atomic E-state index is 0.0493. The van der Waals surface area contributed by atoms with Crippen LogP contribution in [0, 0.1) is 5.92 Å². The van der Waals surface area contributed by atoms with Crippen LogP contribution in [-0.2, 0) is 10.5 Å². The second-order valence-electron chi connectivity index (χ2n) is 4.74. The van der Waals surface area contributed by atoms with Crippen molar-refractivity contribution in [3.63, 3.8) is 0 Å². The molecule has 1 amide bonds. The molecule has 106 valence electrons. The zero-order valence-corrected chi connectivity index (χ0v) is 12.8. The highest BCUT2D eigenvalue weighted by molar-refractivity contribution is 7.99. The van der Waals surface area contributed by atoms with E-state index in [1.165, 1.54) is 11.8 Å². The van der Waals surface area contributed by atoms with Gasteiger partial charge in [-0.3, -0.25) is 4.79 Å². The summed E-state index contributed by atoms with van der Waals surface area (Å²) in [4.78, 5) is 11.6. The third-order valence-electron chi connectivity index (χ3n) is 2.67. The quantitative estimate of drug-likeness (QED) is 0.814. The van der Waals surface area contributed by atoms with E-state index in [0.717, 1.165) is 11.3 Å². The smallest absolute Gasteiger partial charge is 0.230 e. The third-order valence-corrected chi connectivity index (χ3v) is 3.91. The van der Waals surface area contributed by atoms with Crippen LogP contribution in [-0.4, -0.2) is 29.4 Å². The number of hydrogen-bond donors (Lipinski definition) is 2. The molecule has 1 rings (SSSR count). The number of carbonyl (C=O) groups is 1. The minimum Gasteiger partial charge on any atom is -0.391 e. The predicted octanol–water partition coefficient (Wildman–Crippen LogP) is 2.71. The van der Waals surface area contributed by atoms with Gasteiger partial charge < -0.3 is 10.4 Å². The van der Waals surface area contributed by atoms with Gasteiger partial charge in [0.15, 0.2) is 0 Å². The van der Waals surface area contributed by atoms with E-state index < -0.39 is 6.10 Å². The number of thioether (sulfide) groups is 1. The molecular weight excluding hydrogens is 282 g/mol. The average Bonchev–Trinajstić information content (AvgIpc) is 2.36. The molecule has 0 aliphatic heterocycles. The Morgan fingerprint density at radius 3 is 2.84 bits per heavy atom. The van der Waals surface area contributed by atoms with Crippen molar-refractivity contribution >= 4 is 29.3 Å². The van der Waals surface area contributed by atoms with E-state index in [1.54, 1.807) is 0 Å². The number of nitrogens with one attached hydrogen (secondary N) is 1. The van der Waals surface area contributed by atoms with Crippen LogP contribution in [0.15, 0.2) is 24.3 Å². The van der Waals surface area contributed by atoms with Gasteiger partial charge in [-0.15, -0.1) is 11.8 Å². The maximum absolute atomic E-state index is 11.6. The first kappa shape index (κ1) is 16.3. The number of aliphatic hydroxyl groups excluding tert-OH is 1. The third kappa shape index (κ3) is 6.85. The van der Waals surface area contributed by atoms with E-state index in [0.29, 0.717) is 17.3 Å². The molecule has 1 aromatic carbocycles. The molecular formula is C14H20ClNO2S. The van der Waals surface area contributed by atoms with Crippen molar-refractivity contribution < 1.29 is 9.90 Å². The molecule has 0 saturated carbocycles. The van der Waals surface area contributed by atoms with Gasteiger partial charge in [0.05, 0.1) is 11.9 Å². The van der Waals surface area contributed by atoms with Crippen LogP contribution in [0.2, 0.25) is 5.02 Å². The SMILES string of the molecule is CC(C)C(O)CNC(=O)CSCc1cccc(Cl)c1. The number of rotatable bonds is 7. The van der Waals surface area contributed by atoms with Gasteiger partial charge >= 0.3 is 0 Å². The van der Waals surface area contributed by atoms with Gasteiger partial charge in [-0.1, -0.05) is 37.6 Å². The van der Waals surface area contributed by atoms with E-state index in [4.69, 9.17) is 11.6 Å². The van der Waals surface area contributed by atoms with Gasteiger partial charge in [0, 0.05) is 17.3 Å². The van der Waals surface area contributed by atoms with Crippen molar-refractivity contribution in [3.05, 3.63) is 34.9 Å². The van der Waals surface area contributed by atoms with E-state index in [1.807, 2.05) is 38.1 Å². The summed E-state index contributed by atoms with van der Waals surface area (Å²) in [6, 6.07) is 7.61. The van der Waals surface area contributed by atoms with Crippen LogP contribution in [0.4, 0.5) is 0 Å². The van der Waals surface area contributed by atoms with Crippen LogP contribution in [0.5, 0.6) is 0 Å².